The third-order valence-electron chi connectivity index (χ3n) is 3.63. The van der Waals surface area contributed by atoms with Crippen LogP contribution in [0, 0.1) is 10.1 Å². The smallest absolute Gasteiger partial charge is 0.271 e. The van der Waals surface area contributed by atoms with Gasteiger partial charge in [0.2, 0.25) is 0 Å². The Morgan fingerprint density at radius 1 is 1.40 bits per heavy atom. The zero-order valence-corrected chi connectivity index (χ0v) is 11.1. The number of rotatable bonds is 1. The van der Waals surface area contributed by atoms with Gasteiger partial charge >= 0.3 is 0 Å². The Hall–Kier alpha value is -2.28. The number of nitro groups is 1. The van der Waals surface area contributed by atoms with Crippen LogP contribution < -0.4 is 5.56 Å². The molecule has 0 unspecified atom stereocenters. The normalized spacial score (nSPS) is 14.0. The summed E-state index contributed by atoms with van der Waals surface area (Å²) < 4.78 is 3.16. The van der Waals surface area contributed by atoms with Gasteiger partial charge in [-0.3, -0.25) is 19.5 Å². The second-order valence-electron chi connectivity index (χ2n) is 4.81. The molecule has 3 aromatic rings. The highest BCUT2D eigenvalue weighted by molar-refractivity contribution is 7.25. The summed E-state index contributed by atoms with van der Waals surface area (Å²) in [5.74, 6) is 0.786. The molecular formula is C13H9N3O3S. The van der Waals surface area contributed by atoms with Crippen molar-refractivity contribution in [3.05, 3.63) is 44.5 Å². The Morgan fingerprint density at radius 2 is 2.25 bits per heavy atom. The number of hydrogen-bond acceptors (Lipinski definition) is 5. The lowest BCUT2D eigenvalue weighted by Crippen LogP contribution is -2.19. The van der Waals surface area contributed by atoms with Crippen LogP contribution in [0.15, 0.2) is 23.0 Å². The van der Waals surface area contributed by atoms with E-state index in [1.807, 2.05) is 0 Å². The zero-order valence-electron chi connectivity index (χ0n) is 10.3. The minimum absolute atomic E-state index is 0.0219. The van der Waals surface area contributed by atoms with Crippen LogP contribution in [-0.4, -0.2) is 14.5 Å². The van der Waals surface area contributed by atoms with Crippen LogP contribution in [0.4, 0.5) is 5.69 Å². The van der Waals surface area contributed by atoms with E-state index in [-0.39, 0.29) is 11.2 Å². The van der Waals surface area contributed by atoms with Crippen molar-refractivity contribution in [1.29, 1.82) is 0 Å². The molecule has 0 amide bonds. The van der Waals surface area contributed by atoms with Gasteiger partial charge in [-0.05, 0) is 12.5 Å². The molecule has 0 spiro atoms. The zero-order chi connectivity index (χ0) is 13.9. The fraction of sp³-hybridized carbons (Fsp3) is 0.231. The van der Waals surface area contributed by atoms with Crippen LogP contribution in [0.5, 0.6) is 0 Å². The summed E-state index contributed by atoms with van der Waals surface area (Å²) in [6.45, 7) is 0.714. The standard InChI is InChI=1S/C13H9N3O3S/c17-13-12-11(14-10-2-1-5-15(10)13)8-6-7(16(18)19)3-4-9(8)20-12/h3-4,6H,1-2,5H2. The Bertz CT molecular complexity index is 941. The Morgan fingerprint density at radius 3 is 3.05 bits per heavy atom. The highest BCUT2D eigenvalue weighted by Crippen LogP contribution is 2.33. The first kappa shape index (κ1) is 11.5. The average Bonchev–Trinajstić information content (AvgIpc) is 3.03. The molecule has 0 saturated heterocycles. The summed E-state index contributed by atoms with van der Waals surface area (Å²) in [7, 11) is 0. The largest absolute Gasteiger partial charge is 0.295 e. The SMILES string of the molecule is O=c1c2sc3ccc([N+](=O)[O-])cc3c2nc2n1CCC2. The number of benzene rings is 1. The van der Waals surface area contributed by atoms with E-state index >= 15 is 0 Å². The predicted molar refractivity (Wildman–Crippen MR) is 76.4 cm³/mol. The number of non-ortho nitro benzene ring substituents is 1. The summed E-state index contributed by atoms with van der Waals surface area (Å²) in [5, 5.41) is 11.6. The lowest BCUT2D eigenvalue weighted by molar-refractivity contribution is -0.384. The molecule has 0 saturated carbocycles. The van der Waals surface area contributed by atoms with Crippen molar-refractivity contribution in [2.75, 3.05) is 0 Å². The van der Waals surface area contributed by atoms with E-state index in [9.17, 15) is 14.9 Å². The molecule has 1 aliphatic rings. The number of aryl methyl sites for hydroxylation is 1. The molecule has 4 rings (SSSR count). The van der Waals surface area contributed by atoms with Crippen molar-refractivity contribution in [2.24, 2.45) is 0 Å². The van der Waals surface area contributed by atoms with E-state index in [2.05, 4.69) is 4.98 Å². The van der Waals surface area contributed by atoms with Gasteiger partial charge in [0.25, 0.3) is 11.2 Å². The lowest BCUT2D eigenvalue weighted by atomic mass is 10.2. The molecule has 100 valence electrons. The summed E-state index contributed by atoms with van der Waals surface area (Å²) in [6, 6.07) is 4.66. The molecule has 0 N–H and O–H groups in total. The van der Waals surface area contributed by atoms with Crippen LogP contribution in [-0.2, 0) is 13.0 Å². The molecule has 1 aliphatic heterocycles. The van der Waals surface area contributed by atoms with Crippen molar-refractivity contribution in [1.82, 2.24) is 9.55 Å². The van der Waals surface area contributed by atoms with Gasteiger partial charge in [-0.2, -0.15) is 0 Å². The van der Waals surface area contributed by atoms with E-state index in [1.54, 1.807) is 10.6 Å². The van der Waals surface area contributed by atoms with Crippen LogP contribution in [0.1, 0.15) is 12.2 Å². The van der Waals surface area contributed by atoms with Crippen molar-refractivity contribution in [3.63, 3.8) is 0 Å². The van der Waals surface area contributed by atoms with Crippen LogP contribution in [0.3, 0.4) is 0 Å². The number of aromatic nitrogens is 2. The molecule has 0 bridgehead atoms. The van der Waals surface area contributed by atoms with Crippen molar-refractivity contribution < 1.29 is 4.92 Å². The monoisotopic (exact) mass is 287 g/mol. The van der Waals surface area contributed by atoms with Gasteiger partial charge in [0.05, 0.1) is 10.4 Å². The molecule has 20 heavy (non-hydrogen) atoms. The fourth-order valence-electron chi connectivity index (χ4n) is 2.69. The molecular weight excluding hydrogens is 278 g/mol. The second kappa shape index (κ2) is 3.86. The fourth-order valence-corrected chi connectivity index (χ4v) is 3.76. The highest BCUT2D eigenvalue weighted by atomic mass is 32.1. The number of hydrogen-bond donors (Lipinski definition) is 0. The summed E-state index contributed by atoms with van der Waals surface area (Å²) in [5.41, 5.74) is 0.609. The maximum Gasteiger partial charge on any atom is 0.271 e. The highest BCUT2D eigenvalue weighted by Gasteiger charge is 2.20. The Kier molecular flexibility index (Phi) is 2.23. The minimum Gasteiger partial charge on any atom is -0.295 e. The maximum absolute atomic E-state index is 12.4. The second-order valence-corrected chi connectivity index (χ2v) is 5.86. The number of fused-ring (bicyclic) bond motifs is 4. The maximum atomic E-state index is 12.4. The molecule has 0 aliphatic carbocycles. The van der Waals surface area contributed by atoms with E-state index in [0.29, 0.717) is 22.1 Å². The van der Waals surface area contributed by atoms with Crippen molar-refractivity contribution in [2.45, 2.75) is 19.4 Å². The Balaban J connectivity index is 2.16. The summed E-state index contributed by atoms with van der Waals surface area (Å²) >= 11 is 1.36. The van der Waals surface area contributed by atoms with E-state index in [4.69, 9.17) is 0 Å². The summed E-state index contributed by atoms with van der Waals surface area (Å²) in [6.07, 6.45) is 1.72. The first-order chi connectivity index (χ1) is 9.65. The van der Waals surface area contributed by atoms with Crippen LogP contribution in [0.25, 0.3) is 20.3 Å². The van der Waals surface area contributed by atoms with Gasteiger partial charge in [-0.1, -0.05) is 0 Å². The van der Waals surface area contributed by atoms with Crippen LogP contribution >= 0.6 is 11.3 Å². The third kappa shape index (κ3) is 1.44. The van der Waals surface area contributed by atoms with Gasteiger partial charge in [0, 0.05) is 35.2 Å². The molecule has 0 fully saturated rings. The molecule has 0 radical (unpaired) electrons. The van der Waals surface area contributed by atoms with Gasteiger partial charge < -0.3 is 0 Å². The molecule has 2 aromatic heterocycles. The van der Waals surface area contributed by atoms with Gasteiger partial charge in [-0.25, -0.2) is 4.98 Å². The minimum atomic E-state index is -0.427. The van der Waals surface area contributed by atoms with E-state index in [0.717, 1.165) is 23.4 Å². The third-order valence-corrected chi connectivity index (χ3v) is 4.78. The first-order valence-electron chi connectivity index (χ1n) is 6.25. The van der Waals surface area contributed by atoms with Gasteiger partial charge in [-0.15, -0.1) is 11.3 Å². The van der Waals surface area contributed by atoms with E-state index in [1.165, 1.54) is 23.5 Å². The molecule has 0 atom stereocenters. The average molecular weight is 287 g/mol. The molecule has 6 nitrogen and oxygen atoms in total. The van der Waals surface area contributed by atoms with Crippen molar-refractivity contribution >= 4 is 37.3 Å². The quantitative estimate of drug-likeness (QED) is 0.509. The van der Waals surface area contributed by atoms with E-state index < -0.39 is 4.92 Å². The molecule has 7 heteroatoms. The Labute approximate surface area is 116 Å². The van der Waals surface area contributed by atoms with Crippen LogP contribution in [0.2, 0.25) is 0 Å². The first-order valence-corrected chi connectivity index (χ1v) is 7.07. The number of nitro benzene ring substituents is 1. The van der Waals surface area contributed by atoms with Gasteiger partial charge in [0.15, 0.2) is 0 Å². The lowest BCUT2D eigenvalue weighted by Gasteiger charge is -2.01. The number of thiophene rings is 1. The summed E-state index contributed by atoms with van der Waals surface area (Å²) in [4.78, 5) is 27.4. The van der Waals surface area contributed by atoms with Crippen molar-refractivity contribution in [3.8, 4) is 0 Å². The molecule has 3 heterocycles. The predicted octanol–water partition coefficient (Wildman–Crippen LogP) is 2.47. The molecule has 1 aromatic carbocycles. The topological polar surface area (TPSA) is 78.0 Å². The van der Waals surface area contributed by atoms with Gasteiger partial charge in [0.1, 0.15) is 10.5 Å². The number of nitrogens with zero attached hydrogens (tertiary/aromatic N) is 3.